The van der Waals surface area contributed by atoms with Gasteiger partial charge in [-0.2, -0.15) is 18.2 Å². The van der Waals surface area contributed by atoms with Gasteiger partial charge in [-0.3, -0.25) is 9.20 Å². The number of piperidine rings is 1. The van der Waals surface area contributed by atoms with Gasteiger partial charge in [0.15, 0.2) is 0 Å². The summed E-state index contributed by atoms with van der Waals surface area (Å²) in [4.78, 5) is 27.9. The van der Waals surface area contributed by atoms with E-state index in [4.69, 9.17) is 13.8 Å². The predicted molar refractivity (Wildman–Crippen MR) is 139 cm³/mol. The highest BCUT2D eigenvalue weighted by atomic mass is 19.4. The van der Waals surface area contributed by atoms with Crippen molar-refractivity contribution in [2.75, 3.05) is 18.4 Å². The molecule has 1 N–H and O–H groups in total. The van der Waals surface area contributed by atoms with Gasteiger partial charge in [0.1, 0.15) is 29.2 Å². The van der Waals surface area contributed by atoms with Gasteiger partial charge in [0.25, 0.3) is 0 Å². The lowest BCUT2D eigenvalue weighted by atomic mass is 10.0. The fourth-order valence-corrected chi connectivity index (χ4v) is 5.07. The van der Waals surface area contributed by atoms with Gasteiger partial charge in [-0.15, -0.1) is 0 Å². The summed E-state index contributed by atoms with van der Waals surface area (Å²) in [7, 11) is 0. The predicted octanol–water partition coefficient (Wildman–Crippen LogP) is 5.76. The van der Waals surface area contributed by atoms with Crippen LogP contribution in [-0.4, -0.2) is 49.3 Å². The minimum atomic E-state index is -4.66. The molecule has 1 saturated heterocycles. The molecule has 0 bridgehead atoms. The van der Waals surface area contributed by atoms with E-state index in [-0.39, 0.29) is 35.5 Å². The van der Waals surface area contributed by atoms with Crippen molar-refractivity contribution in [2.45, 2.75) is 38.4 Å². The van der Waals surface area contributed by atoms with Gasteiger partial charge >= 0.3 is 12.0 Å². The molecule has 1 fully saturated rings. The number of furan rings is 1. The molecule has 13 heteroatoms. The number of amides is 1. The van der Waals surface area contributed by atoms with E-state index in [9.17, 15) is 22.4 Å². The van der Waals surface area contributed by atoms with E-state index < -0.39 is 11.9 Å². The Balaban J connectivity index is 1.14. The van der Waals surface area contributed by atoms with E-state index >= 15 is 0 Å². The number of carbonyl (C=O) groups is 1. The number of imidazole rings is 1. The molecule has 0 unspecified atom stereocenters. The third-order valence-electron chi connectivity index (χ3n) is 6.99. The highest BCUT2D eigenvalue weighted by Gasteiger charge is 2.39. The van der Waals surface area contributed by atoms with E-state index in [1.807, 2.05) is 0 Å². The minimum absolute atomic E-state index is 0.0489. The first-order valence-electron chi connectivity index (χ1n) is 12.9. The topological polar surface area (TPSA) is 102 Å². The second-order valence-corrected chi connectivity index (χ2v) is 9.82. The maximum absolute atomic E-state index is 13.5. The Bertz CT molecular complexity index is 1700. The van der Waals surface area contributed by atoms with Gasteiger partial charge in [0.2, 0.25) is 17.6 Å². The summed E-state index contributed by atoms with van der Waals surface area (Å²) in [5.41, 5.74) is 2.33. The Labute approximate surface area is 230 Å². The summed E-state index contributed by atoms with van der Waals surface area (Å²) in [5, 5.41) is 3.31. The van der Waals surface area contributed by atoms with E-state index in [2.05, 4.69) is 15.3 Å². The second-order valence-electron chi connectivity index (χ2n) is 9.82. The molecule has 1 aliphatic heterocycles. The SMILES string of the molecule is Cc1cc(CC(=O)N2CCC(Nc3nccc(-c4c(-c5ccc(F)cc5)nc5occn45)n3)CC2)c(C(F)(F)F)o1. The van der Waals surface area contributed by atoms with Crippen LogP contribution in [0.2, 0.25) is 0 Å². The van der Waals surface area contributed by atoms with E-state index in [0.717, 1.165) is 0 Å². The average Bonchev–Trinajstić information content (AvgIpc) is 3.64. The smallest absolute Gasteiger partial charge is 0.449 e. The number of aryl methyl sites for hydroxylation is 1. The van der Waals surface area contributed by atoms with E-state index in [0.29, 0.717) is 60.4 Å². The molecule has 0 atom stereocenters. The monoisotopic (exact) mass is 568 g/mol. The van der Waals surface area contributed by atoms with Crippen molar-refractivity contribution < 1.29 is 31.2 Å². The lowest BCUT2D eigenvalue weighted by Crippen LogP contribution is -2.43. The third-order valence-corrected chi connectivity index (χ3v) is 6.99. The molecule has 0 saturated carbocycles. The molecule has 5 aromatic rings. The number of alkyl halides is 3. The first kappa shape index (κ1) is 26.5. The number of nitrogens with zero attached hydrogens (tertiary/aromatic N) is 5. The number of fused-ring (bicyclic) bond motifs is 1. The summed E-state index contributed by atoms with van der Waals surface area (Å²) in [6.07, 6.45) is 0.935. The van der Waals surface area contributed by atoms with Crippen LogP contribution in [0.3, 0.4) is 0 Å². The molecule has 41 heavy (non-hydrogen) atoms. The lowest BCUT2D eigenvalue weighted by molar-refractivity contribution is -0.154. The number of anilines is 1. The van der Waals surface area contributed by atoms with Crippen LogP contribution in [0.4, 0.5) is 23.5 Å². The quantitative estimate of drug-likeness (QED) is 0.260. The molecule has 0 aliphatic carbocycles. The maximum atomic E-state index is 13.5. The Hall–Kier alpha value is -4.68. The molecule has 9 nitrogen and oxygen atoms in total. The number of carbonyl (C=O) groups excluding carboxylic acids is 1. The molecule has 1 aromatic carbocycles. The summed E-state index contributed by atoms with van der Waals surface area (Å²) in [6, 6.07) is 8.93. The Morgan fingerprint density at radius 2 is 1.88 bits per heavy atom. The van der Waals surface area contributed by atoms with Crippen LogP contribution in [0.5, 0.6) is 0 Å². The highest BCUT2D eigenvalue weighted by molar-refractivity contribution is 5.80. The molecule has 0 spiro atoms. The number of hydrogen-bond donors (Lipinski definition) is 1. The first-order valence-corrected chi connectivity index (χ1v) is 12.9. The van der Waals surface area contributed by atoms with Gasteiger partial charge in [-0.25, -0.2) is 14.4 Å². The van der Waals surface area contributed by atoms with E-state index in [1.54, 1.807) is 39.9 Å². The van der Waals surface area contributed by atoms with Crippen molar-refractivity contribution in [3.05, 3.63) is 78.0 Å². The number of rotatable bonds is 6. The molecule has 4 aromatic heterocycles. The van der Waals surface area contributed by atoms with Gasteiger partial charge in [-0.1, -0.05) is 0 Å². The van der Waals surface area contributed by atoms with Gasteiger partial charge in [0, 0.05) is 42.7 Å². The largest absolute Gasteiger partial charge is 0.456 e. The van der Waals surface area contributed by atoms with Crippen molar-refractivity contribution in [2.24, 2.45) is 0 Å². The second kappa shape index (κ2) is 10.4. The molecule has 212 valence electrons. The van der Waals surface area contributed by atoms with Crippen LogP contribution in [0, 0.1) is 12.7 Å². The van der Waals surface area contributed by atoms with Crippen LogP contribution in [0.1, 0.15) is 29.9 Å². The number of halogens is 4. The fourth-order valence-electron chi connectivity index (χ4n) is 5.07. The zero-order chi connectivity index (χ0) is 28.7. The first-order chi connectivity index (χ1) is 19.7. The van der Waals surface area contributed by atoms with Crippen molar-refractivity contribution in [3.8, 4) is 22.6 Å². The fraction of sp³-hybridized carbons (Fsp3) is 0.286. The van der Waals surface area contributed by atoms with Crippen LogP contribution < -0.4 is 5.32 Å². The number of oxazole rings is 1. The summed E-state index contributed by atoms with van der Waals surface area (Å²) < 4.78 is 65.3. The van der Waals surface area contributed by atoms with Gasteiger partial charge in [0.05, 0.1) is 12.1 Å². The molecular weight excluding hydrogens is 544 g/mol. The molecular formula is C28H24F4N6O3. The highest BCUT2D eigenvalue weighted by Crippen LogP contribution is 2.35. The average molecular weight is 569 g/mol. The number of hydrogen-bond acceptors (Lipinski definition) is 7. The molecule has 5 heterocycles. The minimum Gasteiger partial charge on any atom is -0.456 e. The molecule has 1 amide bonds. The third kappa shape index (κ3) is 5.39. The summed E-state index contributed by atoms with van der Waals surface area (Å²) in [6.45, 7) is 2.18. The number of aromatic nitrogens is 4. The lowest BCUT2D eigenvalue weighted by Gasteiger charge is -2.32. The number of likely N-dealkylation sites (tertiary alicyclic amines) is 1. The van der Waals surface area contributed by atoms with Crippen LogP contribution >= 0.6 is 0 Å². The molecule has 6 rings (SSSR count). The zero-order valence-electron chi connectivity index (χ0n) is 21.8. The summed E-state index contributed by atoms with van der Waals surface area (Å²) in [5.74, 6) is -1.02. The maximum Gasteiger partial charge on any atom is 0.449 e. The Morgan fingerprint density at radius 3 is 2.61 bits per heavy atom. The van der Waals surface area contributed by atoms with Gasteiger partial charge < -0.3 is 19.1 Å². The van der Waals surface area contributed by atoms with E-state index in [1.165, 1.54) is 31.4 Å². The standard InChI is InChI=1S/C28H24F4N6O3/c1-16-14-18(25(41-16)28(30,31)32)15-22(39)37-10-7-20(8-11-37)34-26-33-9-6-21(35-26)24-23(17-2-4-19(29)5-3-17)36-27-38(24)12-13-40-27/h2-6,9,12-14,20H,7-8,10-11,15H2,1H3,(H,33,34,35). The Morgan fingerprint density at radius 1 is 1.12 bits per heavy atom. The van der Waals surface area contributed by atoms with Crippen LogP contribution in [-0.2, 0) is 17.4 Å². The number of benzene rings is 1. The van der Waals surface area contributed by atoms with Crippen molar-refractivity contribution >= 4 is 17.7 Å². The van der Waals surface area contributed by atoms with Crippen molar-refractivity contribution in [3.63, 3.8) is 0 Å². The Kier molecular flexibility index (Phi) is 6.72. The van der Waals surface area contributed by atoms with Crippen LogP contribution in [0.15, 0.2) is 63.9 Å². The zero-order valence-corrected chi connectivity index (χ0v) is 21.8. The van der Waals surface area contributed by atoms with Crippen LogP contribution in [0.25, 0.3) is 28.5 Å². The summed E-state index contributed by atoms with van der Waals surface area (Å²) >= 11 is 0. The molecule has 0 radical (unpaired) electrons. The van der Waals surface area contributed by atoms with Crippen molar-refractivity contribution in [1.82, 2.24) is 24.3 Å². The van der Waals surface area contributed by atoms with Gasteiger partial charge in [-0.05, 0) is 56.2 Å². The normalized spacial score (nSPS) is 14.6. The molecule has 1 aliphatic rings. The number of nitrogens with one attached hydrogen (secondary N) is 1. The van der Waals surface area contributed by atoms with Crippen molar-refractivity contribution in [1.29, 1.82) is 0 Å².